The van der Waals surface area contributed by atoms with E-state index in [1.54, 1.807) is 0 Å². The maximum Gasteiger partial charge on any atom is 0.216 e. The lowest BCUT2D eigenvalue weighted by molar-refractivity contribution is -0.118. The van der Waals surface area contributed by atoms with Crippen LogP contribution in [0.15, 0.2) is 22.7 Å². The highest BCUT2D eigenvalue weighted by Gasteiger charge is 2.00. The van der Waals surface area contributed by atoms with Crippen molar-refractivity contribution in [3.05, 3.63) is 28.2 Å². The van der Waals surface area contributed by atoms with E-state index in [1.807, 2.05) is 25.1 Å². The summed E-state index contributed by atoms with van der Waals surface area (Å²) in [4.78, 5) is 10.6. The molecule has 1 amide bonds. The number of anilines is 1. The molecule has 0 spiro atoms. The van der Waals surface area contributed by atoms with Crippen molar-refractivity contribution in [3.63, 3.8) is 0 Å². The van der Waals surface area contributed by atoms with Gasteiger partial charge in [-0.3, -0.25) is 4.79 Å². The van der Waals surface area contributed by atoms with Gasteiger partial charge in [0.25, 0.3) is 0 Å². The molecule has 82 valence electrons. The Morgan fingerprint density at radius 2 is 2.13 bits per heavy atom. The van der Waals surface area contributed by atoms with E-state index in [9.17, 15) is 4.79 Å². The second-order valence-corrected chi connectivity index (χ2v) is 4.14. The minimum Gasteiger partial charge on any atom is -0.382 e. The number of carbonyl (C=O) groups is 1. The lowest BCUT2D eigenvalue weighted by Gasteiger charge is -2.10. The van der Waals surface area contributed by atoms with Crippen LogP contribution >= 0.6 is 15.9 Å². The summed E-state index contributed by atoms with van der Waals surface area (Å²) in [5.41, 5.74) is 2.25. The summed E-state index contributed by atoms with van der Waals surface area (Å²) in [5.74, 6) is 0.0000999. The molecule has 0 aliphatic carbocycles. The van der Waals surface area contributed by atoms with Gasteiger partial charge >= 0.3 is 0 Å². The Labute approximate surface area is 98.4 Å². The Morgan fingerprint density at radius 3 is 2.80 bits per heavy atom. The van der Waals surface area contributed by atoms with Crippen molar-refractivity contribution in [1.29, 1.82) is 0 Å². The van der Waals surface area contributed by atoms with Crippen LogP contribution in [0.2, 0.25) is 0 Å². The zero-order chi connectivity index (χ0) is 11.3. The Hall–Kier alpha value is -1.03. The highest BCUT2D eigenvalue weighted by molar-refractivity contribution is 9.10. The molecule has 1 aromatic carbocycles. The van der Waals surface area contributed by atoms with Gasteiger partial charge in [-0.2, -0.15) is 0 Å². The van der Waals surface area contributed by atoms with Crippen LogP contribution in [0.5, 0.6) is 0 Å². The van der Waals surface area contributed by atoms with Gasteiger partial charge in [0.1, 0.15) is 0 Å². The van der Waals surface area contributed by atoms with E-state index < -0.39 is 0 Å². The summed E-state index contributed by atoms with van der Waals surface area (Å²) in [6.45, 7) is 4.92. The van der Waals surface area contributed by atoms with E-state index in [2.05, 4.69) is 26.6 Å². The van der Waals surface area contributed by atoms with Gasteiger partial charge < -0.3 is 10.6 Å². The van der Waals surface area contributed by atoms with Crippen molar-refractivity contribution >= 4 is 27.5 Å². The molecule has 1 aromatic rings. The molecule has 0 aromatic heterocycles. The molecule has 0 atom stereocenters. The lowest BCUT2D eigenvalue weighted by Crippen LogP contribution is -2.26. The van der Waals surface area contributed by atoms with Crippen molar-refractivity contribution in [2.45, 2.75) is 13.8 Å². The molecule has 0 aliphatic rings. The lowest BCUT2D eigenvalue weighted by atomic mass is 10.2. The normalized spacial score (nSPS) is 9.80. The zero-order valence-corrected chi connectivity index (χ0v) is 10.5. The smallest absolute Gasteiger partial charge is 0.216 e. The third-order valence-electron chi connectivity index (χ3n) is 2.01. The van der Waals surface area contributed by atoms with Gasteiger partial charge in [0.05, 0.1) is 0 Å². The number of hydrogen-bond donors (Lipinski definition) is 2. The summed E-state index contributed by atoms with van der Waals surface area (Å²) in [6.07, 6.45) is 0. The fourth-order valence-electron chi connectivity index (χ4n) is 1.22. The predicted octanol–water partition coefficient (Wildman–Crippen LogP) is 2.31. The van der Waals surface area contributed by atoms with Crippen LogP contribution in [0, 0.1) is 6.92 Å². The van der Waals surface area contributed by atoms with E-state index in [4.69, 9.17) is 0 Å². The van der Waals surface area contributed by atoms with E-state index in [0.29, 0.717) is 6.54 Å². The summed E-state index contributed by atoms with van der Waals surface area (Å²) >= 11 is 3.51. The van der Waals surface area contributed by atoms with Gasteiger partial charge in [0.2, 0.25) is 5.91 Å². The first-order chi connectivity index (χ1) is 7.11. The molecule has 2 N–H and O–H groups in total. The van der Waals surface area contributed by atoms with Crippen LogP contribution in [0.1, 0.15) is 12.5 Å². The van der Waals surface area contributed by atoms with E-state index >= 15 is 0 Å². The van der Waals surface area contributed by atoms with Crippen molar-refractivity contribution in [1.82, 2.24) is 5.32 Å². The molecule has 0 saturated carbocycles. The molecule has 1 rings (SSSR count). The average Bonchev–Trinajstić information content (AvgIpc) is 2.18. The first-order valence-corrected chi connectivity index (χ1v) is 5.64. The van der Waals surface area contributed by atoms with E-state index in [0.717, 1.165) is 16.7 Å². The minimum absolute atomic E-state index is 0.0000999. The molecule has 0 aliphatic heterocycles. The number of aryl methyl sites for hydroxylation is 1. The maximum atomic E-state index is 10.6. The average molecular weight is 271 g/mol. The van der Waals surface area contributed by atoms with Crippen LogP contribution in [-0.2, 0) is 4.79 Å². The first kappa shape index (κ1) is 12.0. The van der Waals surface area contributed by atoms with E-state index in [-0.39, 0.29) is 5.91 Å². The Balaban J connectivity index is 2.44. The topological polar surface area (TPSA) is 41.1 Å². The molecular formula is C11H15BrN2O. The fraction of sp³-hybridized carbons (Fsp3) is 0.364. The second kappa shape index (κ2) is 5.75. The van der Waals surface area contributed by atoms with Crippen molar-refractivity contribution in [3.8, 4) is 0 Å². The number of benzene rings is 1. The summed E-state index contributed by atoms with van der Waals surface area (Å²) < 4.78 is 1.08. The molecule has 3 nitrogen and oxygen atoms in total. The van der Waals surface area contributed by atoms with Crippen LogP contribution in [0.25, 0.3) is 0 Å². The van der Waals surface area contributed by atoms with Crippen LogP contribution < -0.4 is 10.6 Å². The Morgan fingerprint density at radius 1 is 1.40 bits per heavy atom. The number of halogens is 1. The quantitative estimate of drug-likeness (QED) is 0.825. The Bertz CT molecular complexity index is 352. The third-order valence-corrected chi connectivity index (χ3v) is 3.06. The molecule has 0 unspecified atom stereocenters. The fourth-order valence-corrected chi connectivity index (χ4v) is 1.62. The maximum absolute atomic E-state index is 10.6. The SMILES string of the molecule is CC(=O)NCCNc1cccc(C)c1Br. The molecule has 0 heterocycles. The van der Waals surface area contributed by atoms with Gasteiger partial charge in [0, 0.05) is 30.2 Å². The molecule has 0 fully saturated rings. The summed E-state index contributed by atoms with van der Waals surface area (Å²) in [5, 5.41) is 5.98. The first-order valence-electron chi connectivity index (χ1n) is 4.84. The third kappa shape index (κ3) is 3.91. The van der Waals surface area contributed by atoms with Gasteiger partial charge in [-0.05, 0) is 34.5 Å². The molecule has 15 heavy (non-hydrogen) atoms. The minimum atomic E-state index is 0.0000999. The highest BCUT2D eigenvalue weighted by atomic mass is 79.9. The van der Waals surface area contributed by atoms with E-state index in [1.165, 1.54) is 12.5 Å². The van der Waals surface area contributed by atoms with Crippen LogP contribution in [0.4, 0.5) is 5.69 Å². The Kier molecular flexibility index (Phi) is 4.62. The second-order valence-electron chi connectivity index (χ2n) is 3.35. The molecule has 0 radical (unpaired) electrons. The number of nitrogens with one attached hydrogen (secondary N) is 2. The summed E-state index contributed by atoms with van der Waals surface area (Å²) in [6, 6.07) is 6.05. The van der Waals surface area contributed by atoms with Gasteiger partial charge in [-0.25, -0.2) is 0 Å². The molecule has 0 saturated heterocycles. The zero-order valence-electron chi connectivity index (χ0n) is 8.93. The van der Waals surface area contributed by atoms with Gasteiger partial charge in [-0.1, -0.05) is 12.1 Å². The van der Waals surface area contributed by atoms with Crippen molar-refractivity contribution < 1.29 is 4.79 Å². The summed E-state index contributed by atoms with van der Waals surface area (Å²) in [7, 11) is 0. The number of carbonyl (C=O) groups excluding carboxylic acids is 1. The van der Waals surface area contributed by atoms with Crippen molar-refractivity contribution in [2.75, 3.05) is 18.4 Å². The number of hydrogen-bond acceptors (Lipinski definition) is 2. The van der Waals surface area contributed by atoms with Crippen LogP contribution in [0.3, 0.4) is 0 Å². The van der Waals surface area contributed by atoms with Gasteiger partial charge in [0.15, 0.2) is 0 Å². The number of amides is 1. The highest BCUT2D eigenvalue weighted by Crippen LogP contribution is 2.25. The monoisotopic (exact) mass is 270 g/mol. The van der Waals surface area contributed by atoms with Gasteiger partial charge in [-0.15, -0.1) is 0 Å². The van der Waals surface area contributed by atoms with Crippen LogP contribution in [-0.4, -0.2) is 19.0 Å². The largest absolute Gasteiger partial charge is 0.382 e. The van der Waals surface area contributed by atoms with Crippen molar-refractivity contribution in [2.24, 2.45) is 0 Å². The molecular weight excluding hydrogens is 256 g/mol. The molecule has 0 bridgehead atoms. The molecule has 4 heteroatoms. The standard InChI is InChI=1S/C11H15BrN2O/c1-8-4-3-5-10(11(8)12)14-7-6-13-9(2)15/h3-5,14H,6-7H2,1-2H3,(H,13,15). The predicted molar refractivity (Wildman–Crippen MR) is 66.1 cm³/mol. The number of rotatable bonds is 4.